The predicted molar refractivity (Wildman–Crippen MR) is 168 cm³/mol. The van der Waals surface area contributed by atoms with Gasteiger partial charge in [-0.25, -0.2) is 9.97 Å². The Hall–Kier alpha value is -4.58. The van der Waals surface area contributed by atoms with Crippen LogP contribution in [0.15, 0.2) is 115 Å². The van der Waals surface area contributed by atoms with E-state index in [0.717, 1.165) is 27.5 Å². The van der Waals surface area contributed by atoms with E-state index in [1.165, 1.54) is 46.0 Å². The molecule has 0 spiro atoms. The Labute approximate surface area is 231 Å². The smallest absolute Gasteiger partial charge is 0.235 e. The van der Waals surface area contributed by atoms with Crippen LogP contribution in [-0.4, -0.2) is 14.5 Å². The summed E-state index contributed by atoms with van der Waals surface area (Å²) in [4.78, 5) is 10.7. The van der Waals surface area contributed by atoms with Gasteiger partial charge in [0.1, 0.15) is 0 Å². The molecule has 5 aromatic carbocycles. The lowest BCUT2D eigenvalue weighted by atomic mass is 10.0. The first-order chi connectivity index (χ1) is 19.3. The molecule has 0 aliphatic carbocycles. The Morgan fingerprint density at radius 2 is 1.08 bits per heavy atom. The molecule has 0 unspecified atom stereocenters. The highest BCUT2D eigenvalue weighted by atomic mass is 32.1. The van der Waals surface area contributed by atoms with Crippen molar-refractivity contribution in [2.24, 2.45) is 0 Å². The molecule has 5 heteroatoms. The van der Waals surface area contributed by atoms with Gasteiger partial charge < -0.3 is 0 Å². The summed E-state index contributed by atoms with van der Waals surface area (Å²) in [7, 11) is 0. The average molecular weight is 534 g/mol. The van der Waals surface area contributed by atoms with Crippen LogP contribution in [0.4, 0.5) is 0 Å². The molecule has 0 aliphatic rings. The van der Waals surface area contributed by atoms with Crippen LogP contribution in [0.1, 0.15) is 0 Å². The molecule has 9 aromatic rings. The SMILES string of the molecule is c1ccc(-c2nc(-n3c4c5ccccc5sc4c4sc5ccccc5c43)nc3c2ccc2ccccc23)cc1. The zero-order valence-corrected chi connectivity index (χ0v) is 22.3. The molecule has 0 atom stereocenters. The van der Waals surface area contributed by atoms with Crippen molar-refractivity contribution in [3.05, 3.63) is 115 Å². The molecule has 0 radical (unpaired) electrons. The molecule has 182 valence electrons. The van der Waals surface area contributed by atoms with Crippen molar-refractivity contribution in [3.8, 4) is 17.2 Å². The fourth-order valence-electron chi connectivity index (χ4n) is 5.90. The fourth-order valence-corrected chi connectivity index (χ4v) is 8.40. The molecule has 0 fully saturated rings. The Kier molecular flexibility index (Phi) is 4.36. The van der Waals surface area contributed by atoms with Crippen molar-refractivity contribution < 1.29 is 0 Å². The molecule has 0 saturated carbocycles. The van der Waals surface area contributed by atoms with Crippen LogP contribution >= 0.6 is 22.7 Å². The Bertz CT molecular complexity index is 2310. The van der Waals surface area contributed by atoms with Crippen LogP contribution in [-0.2, 0) is 0 Å². The molecule has 0 bridgehead atoms. The highest BCUT2D eigenvalue weighted by Gasteiger charge is 2.24. The molecule has 4 aromatic heterocycles. The van der Waals surface area contributed by atoms with Gasteiger partial charge in [0.15, 0.2) is 0 Å². The minimum absolute atomic E-state index is 0.713. The summed E-state index contributed by atoms with van der Waals surface area (Å²) in [6.07, 6.45) is 0. The molecular weight excluding hydrogens is 515 g/mol. The largest absolute Gasteiger partial charge is 0.275 e. The summed E-state index contributed by atoms with van der Waals surface area (Å²) in [6.45, 7) is 0. The summed E-state index contributed by atoms with van der Waals surface area (Å²) in [5.74, 6) is 0.713. The third-order valence-electron chi connectivity index (χ3n) is 7.62. The summed E-state index contributed by atoms with van der Waals surface area (Å²) in [6, 6.07) is 40.7. The monoisotopic (exact) mass is 533 g/mol. The third-order valence-corrected chi connectivity index (χ3v) is 10.1. The topological polar surface area (TPSA) is 30.7 Å². The number of rotatable bonds is 2. The molecule has 39 heavy (non-hydrogen) atoms. The van der Waals surface area contributed by atoms with E-state index in [-0.39, 0.29) is 0 Å². The third kappa shape index (κ3) is 2.97. The maximum Gasteiger partial charge on any atom is 0.235 e. The minimum Gasteiger partial charge on any atom is -0.275 e. The second-order valence-electron chi connectivity index (χ2n) is 9.81. The van der Waals surface area contributed by atoms with E-state index in [4.69, 9.17) is 9.97 Å². The van der Waals surface area contributed by atoms with Crippen LogP contribution in [0.3, 0.4) is 0 Å². The summed E-state index contributed by atoms with van der Waals surface area (Å²) in [5.41, 5.74) is 5.41. The van der Waals surface area contributed by atoms with Crippen molar-refractivity contribution >= 4 is 85.0 Å². The Balaban J connectivity index is 1.52. The molecule has 9 rings (SSSR count). The average Bonchev–Trinajstić information content (AvgIpc) is 3.65. The fraction of sp³-hybridized carbons (Fsp3) is 0. The number of hydrogen-bond acceptors (Lipinski definition) is 4. The van der Waals surface area contributed by atoms with Crippen molar-refractivity contribution in [2.75, 3.05) is 0 Å². The summed E-state index contributed by atoms with van der Waals surface area (Å²) >= 11 is 3.73. The normalized spacial score (nSPS) is 12.1. The number of fused-ring (bicyclic) bond motifs is 10. The van der Waals surface area contributed by atoms with E-state index in [9.17, 15) is 0 Å². The second kappa shape index (κ2) is 7.96. The van der Waals surface area contributed by atoms with Gasteiger partial charge in [0, 0.05) is 36.5 Å². The van der Waals surface area contributed by atoms with Gasteiger partial charge in [0.05, 0.1) is 31.6 Å². The number of thiophene rings is 2. The highest BCUT2D eigenvalue weighted by molar-refractivity contribution is 7.33. The van der Waals surface area contributed by atoms with Crippen molar-refractivity contribution in [1.29, 1.82) is 0 Å². The number of aromatic nitrogens is 3. The molecule has 3 nitrogen and oxygen atoms in total. The Morgan fingerprint density at radius 3 is 1.77 bits per heavy atom. The van der Waals surface area contributed by atoms with Crippen LogP contribution < -0.4 is 0 Å². The van der Waals surface area contributed by atoms with Gasteiger partial charge in [-0.1, -0.05) is 97.1 Å². The lowest BCUT2D eigenvalue weighted by molar-refractivity contribution is 1.02. The van der Waals surface area contributed by atoms with Crippen LogP contribution in [0.25, 0.3) is 79.5 Å². The first-order valence-corrected chi connectivity index (χ1v) is 14.6. The zero-order valence-electron chi connectivity index (χ0n) is 20.6. The summed E-state index contributed by atoms with van der Waals surface area (Å²) < 4.78 is 7.50. The number of hydrogen-bond donors (Lipinski definition) is 0. The lowest BCUT2D eigenvalue weighted by Crippen LogP contribution is -2.03. The van der Waals surface area contributed by atoms with E-state index in [2.05, 4.69) is 120 Å². The van der Waals surface area contributed by atoms with E-state index in [1.54, 1.807) is 0 Å². The predicted octanol–water partition coefficient (Wildman–Crippen LogP) is 9.98. The molecule has 0 aliphatic heterocycles. The van der Waals surface area contributed by atoms with Gasteiger partial charge in [0.2, 0.25) is 5.95 Å². The van der Waals surface area contributed by atoms with E-state index in [0.29, 0.717) is 5.95 Å². The highest BCUT2D eigenvalue weighted by Crippen LogP contribution is 2.48. The molecule has 4 heterocycles. The molecule has 0 amide bonds. The van der Waals surface area contributed by atoms with Gasteiger partial charge in [0.25, 0.3) is 0 Å². The van der Waals surface area contributed by atoms with E-state index in [1.807, 2.05) is 22.7 Å². The van der Waals surface area contributed by atoms with Crippen molar-refractivity contribution in [2.45, 2.75) is 0 Å². The van der Waals surface area contributed by atoms with Crippen LogP contribution in [0, 0.1) is 0 Å². The Morgan fingerprint density at radius 1 is 0.487 bits per heavy atom. The maximum absolute atomic E-state index is 5.37. The first kappa shape index (κ1) is 21.4. The number of nitrogens with zero attached hydrogens (tertiary/aromatic N) is 3. The van der Waals surface area contributed by atoms with E-state index >= 15 is 0 Å². The quantitative estimate of drug-likeness (QED) is 0.207. The van der Waals surface area contributed by atoms with Crippen molar-refractivity contribution in [1.82, 2.24) is 14.5 Å². The van der Waals surface area contributed by atoms with Crippen molar-refractivity contribution in [3.63, 3.8) is 0 Å². The van der Waals surface area contributed by atoms with Crippen LogP contribution in [0.2, 0.25) is 0 Å². The van der Waals surface area contributed by atoms with E-state index < -0.39 is 0 Å². The zero-order chi connectivity index (χ0) is 25.5. The van der Waals surface area contributed by atoms with Crippen LogP contribution in [0.5, 0.6) is 0 Å². The van der Waals surface area contributed by atoms with Gasteiger partial charge in [-0.2, -0.15) is 0 Å². The summed E-state index contributed by atoms with van der Waals surface area (Å²) in [5, 5.41) is 5.87. The van der Waals surface area contributed by atoms with Gasteiger partial charge in [-0.15, -0.1) is 22.7 Å². The standard InChI is InChI=1S/C34H19N3S2/c1-2-11-21(12-3-1)28-25-19-18-20-10-4-5-13-22(20)29(25)36-34(35-28)37-30-23-14-6-8-16-26(23)38-32(30)33-31(37)24-15-7-9-17-27(24)39-33/h1-19H. The second-order valence-corrected chi connectivity index (χ2v) is 11.9. The minimum atomic E-state index is 0.713. The number of benzene rings is 5. The molecule has 0 N–H and O–H groups in total. The van der Waals surface area contributed by atoms with Gasteiger partial charge in [-0.3, -0.25) is 4.57 Å². The lowest BCUT2D eigenvalue weighted by Gasteiger charge is -2.13. The maximum atomic E-state index is 5.37. The van der Waals surface area contributed by atoms with Gasteiger partial charge >= 0.3 is 0 Å². The van der Waals surface area contributed by atoms with Gasteiger partial charge in [-0.05, 0) is 23.6 Å². The molecular formula is C34H19N3S2. The first-order valence-electron chi connectivity index (χ1n) is 12.9. The molecule has 0 saturated heterocycles.